The zero-order valence-corrected chi connectivity index (χ0v) is 10.6. The van der Waals surface area contributed by atoms with E-state index < -0.39 is 0 Å². The minimum atomic E-state index is -0.289. The molecule has 0 bridgehead atoms. The number of aryl methyl sites for hydroxylation is 2. The molecule has 2 rings (SSSR count). The summed E-state index contributed by atoms with van der Waals surface area (Å²) < 4.78 is 18.5. The van der Waals surface area contributed by atoms with Gasteiger partial charge in [-0.05, 0) is 30.2 Å². The van der Waals surface area contributed by atoms with Crippen molar-refractivity contribution in [2.75, 3.05) is 0 Å². The van der Waals surface area contributed by atoms with Gasteiger partial charge in [0.2, 0.25) is 0 Å². The van der Waals surface area contributed by atoms with Gasteiger partial charge >= 0.3 is 0 Å². The summed E-state index contributed by atoms with van der Waals surface area (Å²) in [5.41, 5.74) is 2.46. The fraction of sp³-hybridized carbons (Fsp3) is 0.286. The second-order valence-electron chi connectivity index (χ2n) is 4.02. The van der Waals surface area contributed by atoms with Gasteiger partial charge in [-0.2, -0.15) is 0 Å². The molecule has 0 aliphatic carbocycles. The molecule has 0 spiro atoms. The van der Waals surface area contributed by atoms with Gasteiger partial charge < -0.3 is 4.42 Å². The van der Waals surface area contributed by atoms with Crippen LogP contribution in [0.4, 0.5) is 4.39 Å². The van der Waals surface area contributed by atoms with E-state index >= 15 is 0 Å². The summed E-state index contributed by atoms with van der Waals surface area (Å²) in [6, 6.07) is 6.81. The first-order valence-electron chi connectivity index (χ1n) is 5.60. The van der Waals surface area contributed by atoms with Gasteiger partial charge in [0.25, 0.3) is 0 Å². The van der Waals surface area contributed by atoms with E-state index in [9.17, 15) is 4.39 Å². The summed E-state index contributed by atoms with van der Waals surface area (Å²) in [4.78, 5) is 0. The van der Waals surface area contributed by atoms with E-state index in [1.807, 2.05) is 13.0 Å². The Labute approximate surface area is 105 Å². The van der Waals surface area contributed by atoms with Crippen molar-refractivity contribution in [3.8, 4) is 0 Å². The second-order valence-corrected chi connectivity index (χ2v) is 4.46. The van der Waals surface area contributed by atoms with Gasteiger partial charge in [0.15, 0.2) is 0 Å². The number of furan rings is 1. The van der Waals surface area contributed by atoms with E-state index in [2.05, 4.69) is 0 Å². The van der Waals surface area contributed by atoms with Crippen molar-refractivity contribution in [2.45, 2.75) is 25.6 Å². The highest BCUT2D eigenvalue weighted by Gasteiger charge is 2.17. The third-order valence-corrected chi connectivity index (χ3v) is 3.34. The molecule has 0 aliphatic rings. The first-order valence-corrected chi connectivity index (χ1v) is 6.03. The fourth-order valence-electron chi connectivity index (χ4n) is 1.87. The van der Waals surface area contributed by atoms with E-state index in [0.717, 1.165) is 23.3 Å². The zero-order valence-electron chi connectivity index (χ0n) is 9.84. The zero-order chi connectivity index (χ0) is 12.4. The normalized spacial score (nSPS) is 12.7. The fourth-order valence-corrected chi connectivity index (χ4v) is 2.20. The molecule has 0 fully saturated rings. The molecule has 3 heteroatoms. The molecule has 0 aliphatic heterocycles. The highest BCUT2D eigenvalue weighted by Crippen LogP contribution is 2.32. The maximum atomic E-state index is 13.2. The molecular weight excluding hydrogens is 239 g/mol. The molecule has 0 saturated carbocycles. The molecule has 0 saturated heterocycles. The average molecular weight is 253 g/mol. The summed E-state index contributed by atoms with van der Waals surface area (Å²) in [5.74, 6) is 0.674. The van der Waals surface area contributed by atoms with E-state index in [0.29, 0.717) is 5.56 Å². The number of rotatable bonds is 3. The Morgan fingerprint density at radius 3 is 2.76 bits per heavy atom. The number of hydrogen-bond acceptors (Lipinski definition) is 1. The van der Waals surface area contributed by atoms with Crippen LogP contribution in [0.15, 0.2) is 34.9 Å². The molecule has 0 amide bonds. The summed E-state index contributed by atoms with van der Waals surface area (Å²) in [6.45, 7) is 3.75. The maximum absolute atomic E-state index is 13.2. The van der Waals surface area contributed by atoms with Crippen molar-refractivity contribution < 1.29 is 8.81 Å². The van der Waals surface area contributed by atoms with Gasteiger partial charge in [-0.1, -0.05) is 19.1 Å². The van der Waals surface area contributed by atoms with Crippen molar-refractivity contribution in [1.82, 2.24) is 0 Å². The topological polar surface area (TPSA) is 13.1 Å². The summed E-state index contributed by atoms with van der Waals surface area (Å²) in [5, 5.41) is -0.289. The van der Waals surface area contributed by atoms with Gasteiger partial charge in [0, 0.05) is 12.0 Å². The lowest BCUT2D eigenvalue weighted by atomic mass is 10.0. The van der Waals surface area contributed by atoms with E-state index in [-0.39, 0.29) is 11.2 Å². The summed E-state index contributed by atoms with van der Waals surface area (Å²) in [6.07, 6.45) is 2.44. The smallest absolute Gasteiger partial charge is 0.126 e. The van der Waals surface area contributed by atoms with Gasteiger partial charge in [0.1, 0.15) is 11.6 Å². The SMILES string of the molecule is CCc1occc1C(Cl)c1ccc(F)c(C)c1. The van der Waals surface area contributed by atoms with Crippen molar-refractivity contribution in [1.29, 1.82) is 0 Å². The van der Waals surface area contributed by atoms with Gasteiger partial charge in [-0.15, -0.1) is 11.6 Å². The van der Waals surface area contributed by atoms with Crippen LogP contribution in [0.3, 0.4) is 0 Å². The van der Waals surface area contributed by atoms with Crippen molar-refractivity contribution in [3.05, 3.63) is 58.8 Å². The van der Waals surface area contributed by atoms with Crippen LogP contribution in [0.1, 0.15) is 34.8 Å². The second kappa shape index (κ2) is 4.92. The molecule has 2 aromatic rings. The molecule has 1 aromatic carbocycles. The Morgan fingerprint density at radius 2 is 2.12 bits per heavy atom. The third-order valence-electron chi connectivity index (χ3n) is 2.85. The number of alkyl halides is 1. The number of halogens is 2. The minimum absolute atomic E-state index is 0.208. The van der Waals surface area contributed by atoms with Crippen molar-refractivity contribution in [3.63, 3.8) is 0 Å². The molecular formula is C14H14ClFO. The lowest BCUT2D eigenvalue weighted by Crippen LogP contribution is -1.96. The van der Waals surface area contributed by atoms with Crippen LogP contribution in [0.5, 0.6) is 0 Å². The van der Waals surface area contributed by atoms with Crippen LogP contribution in [0.25, 0.3) is 0 Å². The minimum Gasteiger partial charge on any atom is -0.469 e. The predicted molar refractivity (Wildman–Crippen MR) is 66.9 cm³/mol. The van der Waals surface area contributed by atoms with Crippen molar-refractivity contribution >= 4 is 11.6 Å². The largest absolute Gasteiger partial charge is 0.469 e. The molecule has 0 radical (unpaired) electrons. The van der Waals surface area contributed by atoms with Crippen LogP contribution in [-0.4, -0.2) is 0 Å². The highest BCUT2D eigenvalue weighted by atomic mass is 35.5. The lowest BCUT2D eigenvalue weighted by molar-refractivity contribution is 0.512. The van der Waals surface area contributed by atoms with Crippen LogP contribution >= 0.6 is 11.6 Å². The van der Waals surface area contributed by atoms with E-state index in [1.165, 1.54) is 6.07 Å². The predicted octanol–water partition coefficient (Wildman–Crippen LogP) is 4.62. The summed E-state index contributed by atoms with van der Waals surface area (Å²) in [7, 11) is 0. The Kier molecular flexibility index (Phi) is 3.53. The molecule has 1 unspecified atom stereocenters. The third kappa shape index (κ3) is 2.37. The Balaban J connectivity index is 2.36. The summed E-state index contributed by atoms with van der Waals surface area (Å²) >= 11 is 6.40. The standard InChI is InChI=1S/C14H14ClFO/c1-3-13-11(6-7-17-13)14(15)10-4-5-12(16)9(2)8-10/h4-8,14H,3H2,1-2H3. The maximum Gasteiger partial charge on any atom is 0.126 e. The molecule has 1 nitrogen and oxygen atoms in total. The first kappa shape index (κ1) is 12.2. The number of hydrogen-bond donors (Lipinski definition) is 0. The molecule has 0 N–H and O–H groups in total. The first-order chi connectivity index (χ1) is 8.13. The van der Waals surface area contributed by atoms with Crippen LogP contribution in [0.2, 0.25) is 0 Å². The molecule has 1 aromatic heterocycles. The molecule has 1 atom stereocenters. The van der Waals surface area contributed by atoms with Crippen LogP contribution < -0.4 is 0 Å². The van der Waals surface area contributed by atoms with E-state index in [4.69, 9.17) is 16.0 Å². The van der Waals surface area contributed by atoms with Gasteiger partial charge in [-0.25, -0.2) is 4.39 Å². The molecule has 17 heavy (non-hydrogen) atoms. The Morgan fingerprint density at radius 1 is 1.35 bits per heavy atom. The Hall–Kier alpha value is -1.28. The van der Waals surface area contributed by atoms with Gasteiger partial charge in [-0.3, -0.25) is 0 Å². The quantitative estimate of drug-likeness (QED) is 0.727. The molecule has 1 heterocycles. The highest BCUT2D eigenvalue weighted by molar-refractivity contribution is 6.22. The lowest BCUT2D eigenvalue weighted by Gasteiger charge is -2.10. The van der Waals surface area contributed by atoms with Crippen LogP contribution in [-0.2, 0) is 6.42 Å². The van der Waals surface area contributed by atoms with Crippen LogP contribution in [0, 0.1) is 12.7 Å². The Bertz CT molecular complexity index is 519. The van der Waals surface area contributed by atoms with Crippen molar-refractivity contribution in [2.24, 2.45) is 0 Å². The number of benzene rings is 1. The van der Waals surface area contributed by atoms with Gasteiger partial charge in [0.05, 0.1) is 11.6 Å². The average Bonchev–Trinajstić information content (AvgIpc) is 2.80. The monoisotopic (exact) mass is 252 g/mol. The molecule has 90 valence electrons. The van der Waals surface area contributed by atoms with E-state index in [1.54, 1.807) is 25.3 Å².